The summed E-state index contributed by atoms with van der Waals surface area (Å²) in [6.07, 6.45) is 5.84. The Morgan fingerprint density at radius 1 is 1.33 bits per heavy atom. The van der Waals surface area contributed by atoms with E-state index in [0.717, 1.165) is 25.1 Å². The first-order chi connectivity index (χ1) is 13.2. The number of hydrogen-bond donors (Lipinski definition) is 0. The van der Waals surface area contributed by atoms with E-state index in [1.165, 1.54) is 6.42 Å². The zero-order chi connectivity index (χ0) is 18.8. The Morgan fingerprint density at radius 3 is 2.89 bits per heavy atom. The van der Waals surface area contributed by atoms with Crippen LogP contribution in [0.3, 0.4) is 0 Å². The number of likely N-dealkylation sites (tertiary alicyclic amines) is 1. The summed E-state index contributed by atoms with van der Waals surface area (Å²) in [4.78, 5) is 14.8. The number of rotatable bonds is 4. The van der Waals surface area contributed by atoms with Gasteiger partial charge in [0, 0.05) is 30.4 Å². The molecule has 1 atom stereocenters. The Hall–Kier alpha value is -2.62. The highest BCUT2D eigenvalue weighted by Gasteiger charge is 2.20. The van der Waals surface area contributed by atoms with Crippen LogP contribution in [0, 0.1) is 12.5 Å². The molecular weight excluding hydrogens is 362 g/mol. The van der Waals surface area contributed by atoms with Gasteiger partial charge in [-0.05, 0) is 26.4 Å². The fourth-order valence-electron chi connectivity index (χ4n) is 3.51. The minimum atomic E-state index is 0.475. The Bertz CT molecular complexity index is 992. The molecule has 0 N–H and O–H groups in total. The van der Waals surface area contributed by atoms with Crippen LogP contribution in [0.1, 0.15) is 12.8 Å². The van der Waals surface area contributed by atoms with E-state index in [1.807, 2.05) is 12.1 Å². The van der Waals surface area contributed by atoms with Crippen LogP contribution >= 0.6 is 11.6 Å². The summed E-state index contributed by atoms with van der Waals surface area (Å²) < 4.78 is 7.89. The molecule has 0 bridgehead atoms. The summed E-state index contributed by atoms with van der Waals surface area (Å²) in [6, 6.07) is 7.22. The van der Waals surface area contributed by atoms with Gasteiger partial charge in [0.2, 0.25) is 5.65 Å². The van der Waals surface area contributed by atoms with Crippen LogP contribution in [-0.2, 0) is 0 Å². The first-order valence-corrected chi connectivity index (χ1v) is 9.35. The van der Waals surface area contributed by atoms with Gasteiger partial charge in [-0.1, -0.05) is 35.9 Å². The van der Waals surface area contributed by atoms with Gasteiger partial charge in [-0.25, -0.2) is 14.8 Å². The van der Waals surface area contributed by atoms with Crippen molar-refractivity contribution in [3.05, 3.63) is 53.2 Å². The first-order valence-electron chi connectivity index (χ1n) is 8.97. The van der Waals surface area contributed by atoms with Gasteiger partial charge in [-0.3, -0.25) is 4.40 Å². The van der Waals surface area contributed by atoms with Crippen LogP contribution in [0.4, 0.5) is 5.69 Å². The number of hydrogen-bond acceptors (Lipinski definition) is 4. The lowest BCUT2D eigenvalue weighted by molar-refractivity contribution is 0.148. The van der Waals surface area contributed by atoms with Crippen molar-refractivity contribution in [1.82, 2.24) is 19.3 Å². The molecular formula is C20H20ClN5O. The number of piperidine rings is 1. The molecule has 27 heavy (non-hydrogen) atoms. The van der Waals surface area contributed by atoms with Gasteiger partial charge >= 0.3 is 0 Å². The van der Waals surface area contributed by atoms with Gasteiger partial charge in [0.25, 0.3) is 5.88 Å². The highest BCUT2D eigenvalue weighted by Crippen LogP contribution is 2.32. The quantitative estimate of drug-likeness (QED) is 0.631. The number of aromatic nitrogens is 3. The summed E-state index contributed by atoms with van der Waals surface area (Å²) in [5.41, 5.74) is 2.65. The second-order valence-corrected chi connectivity index (χ2v) is 7.28. The van der Waals surface area contributed by atoms with Gasteiger partial charge in [0.15, 0.2) is 5.69 Å². The van der Waals surface area contributed by atoms with Gasteiger partial charge in [-0.15, -0.1) is 0 Å². The molecule has 1 fully saturated rings. The SMILES string of the molecule is [C-]#[N+]c1ccc(-c2nc(OC[C@@H]3CCCN(C)C3)c3nccn3c2Cl)cc1. The van der Waals surface area contributed by atoms with Crippen molar-refractivity contribution in [1.29, 1.82) is 0 Å². The third kappa shape index (κ3) is 3.61. The summed E-state index contributed by atoms with van der Waals surface area (Å²) in [7, 11) is 2.14. The third-order valence-electron chi connectivity index (χ3n) is 4.90. The molecule has 138 valence electrons. The predicted octanol–water partition coefficient (Wildman–Crippen LogP) is 4.32. The van der Waals surface area contributed by atoms with Gasteiger partial charge < -0.3 is 9.64 Å². The number of imidazole rings is 1. The molecule has 3 aromatic rings. The smallest absolute Gasteiger partial charge is 0.259 e. The maximum absolute atomic E-state index is 7.10. The topological polar surface area (TPSA) is 47.0 Å². The predicted molar refractivity (Wildman–Crippen MR) is 105 cm³/mol. The van der Waals surface area contributed by atoms with Crippen molar-refractivity contribution in [2.24, 2.45) is 5.92 Å². The molecule has 0 unspecified atom stereocenters. The van der Waals surface area contributed by atoms with E-state index in [0.29, 0.717) is 40.6 Å². The Morgan fingerprint density at radius 2 is 2.15 bits per heavy atom. The average molecular weight is 382 g/mol. The van der Waals surface area contributed by atoms with E-state index in [2.05, 4.69) is 26.8 Å². The molecule has 1 aromatic carbocycles. The zero-order valence-electron chi connectivity index (χ0n) is 15.1. The zero-order valence-corrected chi connectivity index (χ0v) is 15.9. The third-order valence-corrected chi connectivity index (χ3v) is 5.26. The van der Waals surface area contributed by atoms with Crippen molar-refractivity contribution < 1.29 is 4.74 Å². The number of ether oxygens (including phenoxy) is 1. The summed E-state index contributed by atoms with van der Waals surface area (Å²) in [5.74, 6) is 0.972. The van der Waals surface area contributed by atoms with E-state index in [1.54, 1.807) is 28.9 Å². The Balaban J connectivity index is 1.66. The van der Waals surface area contributed by atoms with Crippen molar-refractivity contribution in [2.45, 2.75) is 12.8 Å². The van der Waals surface area contributed by atoms with Gasteiger partial charge in [-0.2, -0.15) is 0 Å². The van der Waals surface area contributed by atoms with E-state index >= 15 is 0 Å². The van der Waals surface area contributed by atoms with Crippen LogP contribution < -0.4 is 4.74 Å². The Labute approximate surface area is 163 Å². The van der Waals surface area contributed by atoms with Crippen molar-refractivity contribution in [3.8, 4) is 17.1 Å². The summed E-state index contributed by atoms with van der Waals surface area (Å²) >= 11 is 6.57. The monoisotopic (exact) mass is 381 g/mol. The molecule has 0 saturated carbocycles. The fraction of sp³-hybridized carbons (Fsp3) is 0.350. The van der Waals surface area contributed by atoms with E-state index in [-0.39, 0.29) is 0 Å². The molecule has 3 heterocycles. The lowest BCUT2D eigenvalue weighted by Crippen LogP contribution is -2.34. The molecule has 7 heteroatoms. The summed E-state index contributed by atoms with van der Waals surface area (Å²) in [6.45, 7) is 9.88. The lowest BCUT2D eigenvalue weighted by Gasteiger charge is -2.29. The van der Waals surface area contributed by atoms with Gasteiger partial charge in [0.1, 0.15) is 10.8 Å². The minimum absolute atomic E-state index is 0.475. The average Bonchev–Trinajstić information content (AvgIpc) is 3.18. The van der Waals surface area contributed by atoms with Crippen LogP contribution in [0.15, 0.2) is 36.7 Å². The number of halogens is 1. The van der Waals surface area contributed by atoms with Crippen LogP contribution in [0.5, 0.6) is 5.88 Å². The first kappa shape index (κ1) is 17.8. The summed E-state index contributed by atoms with van der Waals surface area (Å²) in [5, 5.41) is 0.475. The molecule has 0 aliphatic carbocycles. The maximum atomic E-state index is 7.10. The lowest BCUT2D eigenvalue weighted by atomic mass is 10.00. The number of benzene rings is 1. The normalized spacial score (nSPS) is 17.7. The molecule has 2 aromatic heterocycles. The molecule has 0 amide bonds. The van der Waals surface area contributed by atoms with Crippen molar-refractivity contribution in [3.63, 3.8) is 0 Å². The van der Waals surface area contributed by atoms with Crippen LogP contribution in [0.2, 0.25) is 5.15 Å². The molecule has 6 nitrogen and oxygen atoms in total. The van der Waals surface area contributed by atoms with Crippen molar-refractivity contribution >= 4 is 22.9 Å². The second kappa shape index (κ2) is 7.55. The molecule has 1 aliphatic rings. The van der Waals surface area contributed by atoms with E-state index in [9.17, 15) is 0 Å². The van der Waals surface area contributed by atoms with E-state index < -0.39 is 0 Å². The molecule has 1 aliphatic heterocycles. The minimum Gasteiger partial charge on any atom is -0.475 e. The van der Waals surface area contributed by atoms with E-state index in [4.69, 9.17) is 22.9 Å². The maximum Gasteiger partial charge on any atom is 0.259 e. The van der Waals surface area contributed by atoms with Crippen molar-refractivity contribution in [2.75, 3.05) is 26.7 Å². The van der Waals surface area contributed by atoms with Gasteiger partial charge in [0.05, 0.1) is 13.2 Å². The number of fused-ring (bicyclic) bond motifs is 1. The largest absolute Gasteiger partial charge is 0.475 e. The highest BCUT2D eigenvalue weighted by molar-refractivity contribution is 6.32. The standard InChI is InChI=1S/C20H20ClN5O/c1-22-16-7-5-15(6-8-16)17-18(21)26-11-9-23-19(26)20(24-17)27-13-14-4-3-10-25(2)12-14/h5-9,11,14H,3-4,10,12-13H2,2H3/t14-/m1/s1. The van der Waals surface area contributed by atoms with Crippen LogP contribution in [0.25, 0.3) is 21.7 Å². The molecule has 4 rings (SSSR count). The second-order valence-electron chi connectivity index (χ2n) is 6.92. The van der Waals surface area contributed by atoms with Crippen LogP contribution in [-0.4, -0.2) is 46.0 Å². The Kier molecular flexibility index (Phi) is 4.97. The molecule has 0 spiro atoms. The highest BCUT2D eigenvalue weighted by atomic mass is 35.5. The number of nitrogens with zero attached hydrogens (tertiary/aromatic N) is 5. The molecule has 1 saturated heterocycles. The fourth-order valence-corrected chi connectivity index (χ4v) is 3.80. The molecule has 0 radical (unpaired) electrons.